The third-order valence-electron chi connectivity index (χ3n) is 1.53. The van der Waals surface area contributed by atoms with Gasteiger partial charge in [0.05, 0.1) is 0 Å². The minimum absolute atomic E-state index is 0.0320. The van der Waals surface area contributed by atoms with Crippen molar-refractivity contribution in [2.45, 2.75) is 12.8 Å². The van der Waals surface area contributed by atoms with E-state index >= 15 is 0 Å². The molecule has 7 nitrogen and oxygen atoms in total. The summed E-state index contributed by atoms with van der Waals surface area (Å²) in [6.07, 6.45) is 1.76. The quantitative estimate of drug-likeness (QED) is 0.623. The molecule has 7 heteroatoms. The van der Waals surface area contributed by atoms with Gasteiger partial charge in [-0.3, -0.25) is 10.1 Å². The number of anilines is 1. The fraction of sp³-hybridized carbons (Fsp3) is 0.375. The molecule has 0 spiro atoms. The van der Waals surface area contributed by atoms with Gasteiger partial charge in [-0.25, -0.2) is 4.79 Å². The molecule has 0 fully saturated rings. The number of hydrogen-bond acceptors (Lipinski definition) is 4. The molecule has 0 aromatic carbocycles. The van der Waals surface area contributed by atoms with Gasteiger partial charge in [-0.2, -0.15) is 0 Å². The number of carbonyl (C=O) groups excluding carboxylic acids is 1. The van der Waals surface area contributed by atoms with Crippen LogP contribution in [0.2, 0.25) is 0 Å². The van der Waals surface area contributed by atoms with E-state index in [1.807, 2.05) is 0 Å². The second kappa shape index (κ2) is 5.63. The number of carboxylic acids is 1. The summed E-state index contributed by atoms with van der Waals surface area (Å²) in [5.41, 5.74) is 0. The summed E-state index contributed by atoms with van der Waals surface area (Å²) in [5, 5.41) is 16.7. The first-order chi connectivity index (χ1) is 7.18. The second-order valence-corrected chi connectivity index (χ2v) is 2.76. The SMILES string of the molecule is O=C(O)CCCNC(=O)Nc1ccon1. The normalized spacial score (nSPS) is 9.60. The lowest BCUT2D eigenvalue weighted by molar-refractivity contribution is -0.137. The zero-order chi connectivity index (χ0) is 11.1. The van der Waals surface area contributed by atoms with Crippen molar-refractivity contribution in [3.8, 4) is 0 Å². The van der Waals surface area contributed by atoms with Crippen molar-refractivity contribution in [1.29, 1.82) is 0 Å². The van der Waals surface area contributed by atoms with Crippen LogP contribution >= 0.6 is 0 Å². The van der Waals surface area contributed by atoms with Crippen LogP contribution in [0.25, 0.3) is 0 Å². The van der Waals surface area contributed by atoms with Crippen molar-refractivity contribution >= 4 is 17.8 Å². The highest BCUT2D eigenvalue weighted by molar-refractivity contribution is 5.87. The van der Waals surface area contributed by atoms with E-state index in [-0.39, 0.29) is 6.42 Å². The molecule has 2 amide bonds. The highest BCUT2D eigenvalue weighted by atomic mass is 16.5. The Morgan fingerprint density at radius 1 is 1.53 bits per heavy atom. The number of nitrogens with one attached hydrogen (secondary N) is 2. The molecular weight excluding hydrogens is 202 g/mol. The summed E-state index contributed by atoms with van der Waals surface area (Å²) in [6.45, 7) is 0.302. The minimum Gasteiger partial charge on any atom is -0.481 e. The first kappa shape index (κ1) is 11.0. The number of aliphatic carboxylic acids is 1. The third-order valence-corrected chi connectivity index (χ3v) is 1.53. The Morgan fingerprint density at radius 2 is 2.33 bits per heavy atom. The summed E-state index contributed by atoms with van der Waals surface area (Å²) in [6, 6.07) is 1.06. The molecule has 1 aromatic rings. The number of carbonyl (C=O) groups is 2. The van der Waals surface area contributed by atoms with Gasteiger partial charge >= 0.3 is 12.0 Å². The van der Waals surface area contributed by atoms with Crippen molar-refractivity contribution in [3.63, 3.8) is 0 Å². The number of nitrogens with zero attached hydrogens (tertiary/aromatic N) is 1. The summed E-state index contributed by atoms with van der Waals surface area (Å²) >= 11 is 0. The van der Waals surface area contributed by atoms with Gasteiger partial charge in [0.2, 0.25) is 0 Å². The fourth-order valence-corrected chi connectivity index (χ4v) is 0.879. The maximum atomic E-state index is 11.1. The predicted octanol–water partition coefficient (Wildman–Crippen LogP) is 0.661. The van der Waals surface area contributed by atoms with Gasteiger partial charge in [0, 0.05) is 19.0 Å². The molecular formula is C8H11N3O4. The second-order valence-electron chi connectivity index (χ2n) is 2.76. The number of hydrogen-bond donors (Lipinski definition) is 3. The molecule has 82 valence electrons. The number of urea groups is 1. The molecule has 15 heavy (non-hydrogen) atoms. The standard InChI is InChI=1S/C8H11N3O4/c12-7(13)2-1-4-9-8(14)10-6-3-5-15-11-6/h3,5H,1-2,4H2,(H,12,13)(H2,9,10,11,14). The van der Waals surface area contributed by atoms with E-state index in [4.69, 9.17) is 5.11 Å². The molecule has 0 saturated carbocycles. The summed E-state index contributed by atoms with van der Waals surface area (Å²) in [4.78, 5) is 21.3. The van der Waals surface area contributed by atoms with Crippen molar-refractivity contribution in [3.05, 3.63) is 12.3 Å². The summed E-state index contributed by atoms with van der Waals surface area (Å²) in [7, 11) is 0. The molecule has 0 aliphatic heterocycles. The van der Waals surface area contributed by atoms with Gasteiger partial charge in [0.15, 0.2) is 5.82 Å². The molecule has 0 atom stereocenters. The lowest BCUT2D eigenvalue weighted by Crippen LogP contribution is -2.29. The maximum absolute atomic E-state index is 11.1. The van der Waals surface area contributed by atoms with E-state index in [9.17, 15) is 9.59 Å². The van der Waals surface area contributed by atoms with Crippen LogP contribution in [0, 0.1) is 0 Å². The van der Waals surface area contributed by atoms with Crippen molar-refractivity contribution in [1.82, 2.24) is 10.5 Å². The lowest BCUT2D eigenvalue weighted by atomic mass is 10.3. The molecule has 0 saturated heterocycles. The van der Waals surface area contributed by atoms with Crippen LogP contribution in [0.3, 0.4) is 0 Å². The number of rotatable bonds is 5. The highest BCUT2D eigenvalue weighted by Crippen LogP contribution is 1.99. The highest BCUT2D eigenvalue weighted by Gasteiger charge is 2.03. The monoisotopic (exact) mass is 213 g/mol. The molecule has 0 aliphatic carbocycles. The summed E-state index contributed by atoms with van der Waals surface area (Å²) in [5.74, 6) is -0.570. The average Bonchev–Trinajstić information content (AvgIpc) is 2.64. The minimum atomic E-state index is -0.881. The Morgan fingerprint density at radius 3 is 2.93 bits per heavy atom. The topological polar surface area (TPSA) is 104 Å². The zero-order valence-corrected chi connectivity index (χ0v) is 7.90. The number of amides is 2. The van der Waals surface area contributed by atoms with E-state index in [0.29, 0.717) is 18.8 Å². The van der Waals surface area contributed by atoms with Gasteiger partial charge in [-0.1, -0.05) is 5.16 Å². The zero-order valence-electron chi connectivity index (χ0n) is 7.90. The van der Waals surface area contributed by atoms with Gasteiger partial charge in [-0.05, 0) is 6.42 Å². The molecule has 1 rings (SSSR count). The Balaban J connectivity index is 2.11. The van der Waals surface area contributed by atoms with Crippen LogP contribution in [-0.2, 0) is 4.79 Å². The Hall–Kier alpha value is -2.05. The van der Waals surface area contributed by atoms with E-state index in [0.717, 1.165) is 0 Å². The molecule has 0 radical (unpaired) electrons. The van der Waals surface area contributed by atoms with Crippen LogP contribution in [0.1, 0.15) is 12.8 Å². The predicted molar refractivity (Wildman–Crippen MR) is 50.4 cm³/mol. The largest absolute Gasteiger partial charge is 0.481 e. The molecule has 3 N–H and O–H groups in total. The Bertz CT molecular complexity index is 323. The van der Waals surface area contributed by atoms with Crippen LogP contribution in [0.15, 0.2) is 16.9 Å². The number of carboxylic acid groups (broad SMARTS) is 1. The summed E-state index contributed by atoms with van der Waals surface area (Å²) < 4.78 is 4.50. The molecule has 0 unspecified atom stereocenters. The van der Waals surface area contributed by atoms with Crippen LogP contribution in [-0.4, -0.2) is 28.8 Å². The first-order valence-corrected chi connectivity index (χ1v) is 4.35. The Kier molecular flexibility index (Phi) is 4.14. The average molecular weight is 213 g/mol. The Labute approximate surface area is 85.4 Å². The maximum Gasteiger partial charge on any atom is 0.320 e. The van der Waals surface area contributed by atoms with Gasteiger partial charge in [0.25, 0.3) is 0 Å². The van der Waals surface area contributed by atoms with Gasteiger partial charge in [-0.15, -0.1) is 0 Å². The van der Waals surface area contributed by atoms with Crippen LogP contribution in [0.5, 0.6) is 0 Å². The van der Waals surface area contributed by atoms with Crippen LogP contribution in [0.4, 0.5) is 10.6 Å². The van der Waals surface area contributed by atoms with E-state index < -0.39 is 12.0 Å². The van der Waals surface area contributed by atoms with Gasteiger partial charge < -0.3 is 14.9 Å². The van der Waals surface area contributed by atoms with Crippen molar-refractivity contribution in [2.75, 3.05) is 11.9 Å². The molecule has 1 aromatic heterocycles. The molecule has 0 bridgehead atoms. The van der Waals surface area contributed by atoms with E-state index in [1.54, 1.807) is 0 Å². The number of aromatic nitrogens is 1. The van der Waals surface area contributed by atoms with Gasteiger partial charge in [0.1, 0.15) is 6.26 Å². The lowest BCUT2D eigenvalue weighted by Gasteiger charge is -2.03. The fourth-order valence-electron chi connectivity index (χ4n) is 0.879. The third kappa shape index (κ3) is 4.65. The van der Waals surface area contributed by atoms with Crippen LogP contribution < -0.4 is 10.6 Å². The molecule has 1 heterocycles. The van der Waals surface area contributed by atoms with E-state index in [1.165, 1.54) is 12.3 Å². The first-order valence-electron chi connectivity index (χ1n) is 4.35. The van der Waals surface area contributed by atoms with Crippen molar-refractivity contribution in [2.24, 2.45) is 0 Å². The smallest absolute Gasteiger partial charge is 0.320 e. The molecule has 0 aliphatic rings. The van der Waals surface area contributed by atoms with E-state index in [2.05, 4.69) is 20.3 Å². The van der Waals surface area contributed by atoms with Crippen molar-refractivity contribution < 1.29 is 19.2 Å².